The minimum absolute atomic E-state index is 0. The van der Waals surface area contributed by atoms with E-state index in [9.17, 15) is 0 Å². The summed E-state index contributed by atoms with van der Waals surface area (Å²) in [6, 6.07) is 11.3. The molecule has 1 unspecified atom stereocenters. The third-order valence-corrected chi connectivity index (χ3v) is 5.53. The molecule has 29 heavy (non-hydrogen) atoms. The van der Waals surface area contributed by atoms with Crippen LogP contribution < -0.4 is 10.6 Å². The zero-order chi connectivity index (χ0) is 19.8. The highest BCUT2D eigenvalue weighted by atomic mass is 127. The molecule has 1 atom stereocenters. The van der Waals surface area contributed by atoms with Crippen LogP contribution in [0.3, 0.4) is 0 Å². The van der Waals surface area contributed by atoms with Gasteiger partial charge in [0.25, 0.3) is 0 Å². The van der Waals surface area contributed by atoms with E-state index < -0.39 is 0 Å². The molecular formula is C22H34IN5O. The lowest BCUT2D eigenvalue weighted by molar-refractivity contribution is 0.245. The first-order valence-electron chi connectivity index (χ1n) is 10.3. The van der Waals surface area contributed by atoms with Crippen molar-refractivity contribution in [2.75, 3.05) is 26.7 Å². The lowest BCUT2D eigenvalue weighted by Gasteiger charge is -2.25. The van der Waals surface area contributed by atoms with Crippen molar-refractivity contribution in [3.8, 4) is 0 Å². The average Bonchev–Trinajstić information content (AvgIpc) is 3.28. The van der Waals surface area contributed by atoms with Crippen LogP contribution in [0.25, 0.3) is 0 Å². The van der Waals surface area contributed by atoms with Gasteiger partial charge in [-0.05, 0) is 51.6 Å². The van der Waals surface area contributed by atoms with Crippen molar-refractivity contribution in [2.45, 2.75) is 52.1 Å². The Bertz CT molecular complexity index is 742. The number of aromatic nitrogens is 1. The van der Waals surface area contributed by atoms with E-state index in [1.165, 1.54) is 30.5 Å². The van der Waals surface area contributed by atoms with Crippen LogP contribution in [0, 0.1) is 13.8 Å². The van der Waals surface area contributed by atoms with Crippen LogP contribution in [0.5, 0.6) is 0 Å². The van der Waals surface area contributed by atoms with Gasteiger partial charge in [0.2, 0.25) is 0 Å². The first-order chi connectivity index (χ1) is 13.7. The Labute approximate surface area is 191 Å². The predicted octanol–water partition coefficient (Wildman–Crippen LogP) is 3.67. The normalized spacial score (nSPS) is 17.2. The Hall–Kier alpha value is -1.61. The van der Waals surface area contributed by atoms with Gasteiger partial charge in [-0.2, -0.15) is 0 Å². The molecule has 0 aliphatic carbocycles. The lowest BCUT2D eigenvalue weighted by Crippen LogP contribution is -2.45. The third kappa shape index (κ3) is 6.99. The zero-order valence-electron chi connectivity index (χ0n) is 17.8. The molecule has 0 bridgehead atoms. The van der Waals surface area contributed by atoms with E-state index in [1.54, 1.807) is 0 Å². The first-order valence-corrected chi connectivity index (χ1v) is 10.3. The largest absolute Gasteiger partial charge is 0.361 e. The van der Waals surface area contributed by atoms with E-state index in [0.29, 0.717) is 6.04 Å². The molecule has 7 heteroatoms. The van der Waals surface area contributed by atoms with E-state index in [1.807, 2.05) is 20.9 Å². The van der Waals surface area contributed by atoms with Crippen molar-refractivity contribution in [3.05, 3.63) is 52.9 Å². The molecule has 2 N–H and O–H groups in total. The summed E-state index contributed by atoms with van der Waals surface area (Å²) in [6.07, 6.45) is 4.50. The molecule has 1 aliphatic rings. The van der Waals surface area contributed by atoms with Crippen LogP contribution in [0.2, 0.25) is 0 Å². The Morgan fingerprint density at radius 3 is 2.72 bits per heavy atom. The van der Waals surface area contributed by atoms with Crippen molar-refractivity contribution in [1.82, 2.24) is 20.7 Å². The minimum atomic E-state index is 0. The van der Waals surface area contributed by atoms with Gasteiger partial charge in [-0.3, -0.25) is 9.89 Å². The fourth-order valence-electron chi connectivity index (χ4n) is 3.92. The van der Waals surface area contributed by atoms with E-state index in [2.05, 4.69) is 56.0 Å². The summed E-state index contributed by atoms with van der Waals surface area (Å²) in [7, 11) is 1.83. The molecule has 0 spiro atoms. The number of rotatable bonds is 8. The number of hydrogen-bond acceptors (Lipinski definition) is 4. The average molecular weight is 511 g/mol. The number of halogens is 1. The molecule has 0 amide bonds. The van der Waals surface area contributed by atoms with Crippen LogP contribution in [-0.2, 0) is 13.0 Å². The smallest absolute Gasteiger partial charge is 0.191 e. The maximum Gasteiger partial charge on any atom is 0.191 e. The molecule has 2 aromatic rings. The fraction of sp³-hybridized carbons (Fsp3) is 0.545. The van der Waals surface area contributed by atoms with Crippen LogP contribution in [0.15, 0.2) is 39.8 Å². The highest BCUT2D eigenvalue weighted by Gasteiger charge is 2.24. The standard InChI is InChI=1S/C22H33N5O.HI/c1-17-21(18(2)28-26-17)12-7-13-24-22(23-3)25-15-20-11-8-14-27(20)16-19-9-5-4-6-10-19;/h4-6,9-10,20H,7-8,11-16H2,1-3H3,(H2,23,24,25);1H. The highest BCUT2D eigenvalue weighted by Crippen LogP contribution is 2.19. The van der Waals surface area contributed by atoms with Gasteiger partial charge < -0.3 is 15.2 Å². The Balaban J connectivity index is 0.00000300. The van der Waals surface area contributed by atoms with Crippen LogP contribution in [-0.4, -0.2) is 48.7 Å². The van der Waals surface area contributed by atoms with E-state index >= 15 is 0 Å². The molecule has 1 aromatic carbocycles. The molecule has 3 rings (SSSR count). The lowest BCUT2D eigenvalue weighted by atomic mass is 10.1. The second kappa shape index (κ2) is 12.2. The number of benzene rings is 1. The maximum absolute atomic E-state index is 5.23. The Kier molecular flexibility index (Phi) is 9.93. The second-order valence-electron chi connectivity index (χ2n) is 7.54. The number of guanidine groups is 1. The summed E-state index contributed by atoms with van der Waals surface area (Å²) in [6.45, 7) is 7.98. The molecule has 160 valence electrons. The summed E-state index contributed by atoms with van der Waals surface area (Å²) < 4.78 is 5.23. The number of likely N-dealkylation sites (tertiary alicyclic amines) is 1. The molecule has 6 nitrogen and oxygen atoms in total. The molecule has 2 heterocycles. The first kappa shape index (κ1) is 23.7. The summed E-state index contributed by atoms with van der Waals surface area (Å²) in [5, 5.41) is 11.0. The number of aryl methyl sites for hydroxylation is 2. The summed E-state index contributed by atoms with van der Waals surface area (Å²) in [4.78, 5) is 6.95. The SMILES string of the molecule is CN=C(NCCCc1c(C)noc1C)NCC1CCCN1Cc1ccccc1.I. The van der Waals surface area contributed by atoms with Crippen LogP contribution in [0.4, 0.5) is 0 Å². The maximum atomic E-state index is 5.23. The molecule has 0 saturated carbocycles. The van der Waals surface area contributed by atoms with Gasteiger partial charge >= 0.3 is 0 Å². The quantitative estimate of drug-likeness (QED) is 0.245. The summed E-state index contributed by atoms with van der Waals surface area (Å²) in [5.74, 6) is 1.81. The number of hydrogen-bond donors (Lipinski definition) is 2. The topological polar surface area (TPSA) is 65.7 Å². The molecular weight excluding hydrogens is 477 g/mol. The van der Waals surface area contributed by atoms with Gasteiger partial charge in [-0.25, -0.2) is 0 Å². The van der Waals surface area contributed by atoms with Gasteiger partial charge in [-0.15, -0.1) is 24.0 Å². The van der Waals surface area contributed by atoms with Crippen LogP contribution in [0.1, 0.15) is 41.8 Å². The fourth-order valence-corrected chi connectivity index (χ4v) is 3.92. The molecule has 1 fully saturated rings. The highest BCUT2D eigenvalue weighted by molar-refractivity contribution is 14.0. The Morgan fingerprint density at radius 2 is 2.03 bits per heavy atom. The van der Waals surface area contributed by atoms with Crippen molar-refractivity contribution in [1.29, 1.82) is 0 Å². The van der Waals surface area contributed by atoms with Crippen molar-refractivity contribution in [3.63, 3.8) is 0 Å². The van der Waals surface area contributed by atoms with E-state index in [0.717, 1.165) is 49.9 Å². The van der Waals surface area contributed by atoms with Gasteiger partial charge in [0.05, 0.1) is 5.69 Å². The van der Waals surface area contributed by atoms with Crippen molar-refractivity contribution < 1.29 is 4.52 Å². The monoisotopic (exact) mass is 511 g/mol. The molecule has 1 saturated heterocycles. The van der Waals surface area contributed by atoms with Gasteiger partial charge in [0.1, 0.15) is 5.76 Å². The van der Waals surface area contributed by atoms with Crippen molar-refractivity contribution >= 4 is 29.9 Å². The molecule has 1 aromatic heterocycles. The van der Waals surface area contributed by atoms with Gasteiger partial charge in [0, 0.05) is 38.3 Å². The number of nitrogens with one attached hydrogen (secondary N) is 2. The molecule has 0 radical (unpaired) electrons. The number of aliphatic imine (C=N–C) groups is 1. The van der Waals surface area contributed by atoms with Gasteiger partial charge in [-0.1, -0.05) is 35.5 Å². The number of nitrogens with zero attached hydrogens (tertiary/aromatic N) is 3. The second-order valence-corrected chi connectivity index (χ2v) is 7.54. The van der Waals surface area contributed by atoms with Gasteiger partial charge in [0.15, 0.2) is 5.96 Å². The van der Waals surface area contributed by atoms with E-state index in [-0.39, 0.29) is 24.0 Å². The van der Waals surface area contributed by atoms with Crippen LogP contribution >= 0.6 is 24.0 Å². The van der Waals surface area contributed by atoms with E-state index in [4.69, 9.17) is 4.52 Å². The molecule has 1 aliphatic heterocycles. The Morgan fingerprint density at radius 1 is 1.24 bits per heavy atom. The third-order valence-electron chi connectivity index (χ3n) is 5.53. The van der Waals surface area contributed by atoms with Crippen molar-refractivity contribution in [2.24, 2.45) is 4.99 Å². The predicted molar refractivity (Wildman–Crippen MR) is 129 cm³/mol. The zero-order valence-corrected chi connectivity index (χ0v) is 20.1. The minimum Gasteiger partial charge on any atom is -0.361 e. The summed E-state index contributed by atoms with van der Waals surface area (Å²) in [5.41, 5.74) is 3.61. The summed E-state index contributed by atoms with van der Waals surface area (Å²) >= 11 is 0.